The average Bonchev–Trinajstić information content (AvgIpc) is 3.12. The zero-order chi connectivity index (χ0) is 20.7. The molecule has 8 nitrogen and oxygen atoms in total. The van der Waals surface area contributed by atoms with Crippen molar-refractivity contribution in [2.45, 2.75) is 31.8 Å². The molecule has 0 radical (unpaired) electrons. The van der Waals surface area contributed by atoms with Gasteiger partial charge in [-0.05, 0) is 24.6 Å². The average molecular weight is 394 g/mol. The number of H-pyrrole nitrogens is 1. The fourth-order valence-corrected chi connectivity index (χ4v) is 2.50. The molecule has 1 heterocycles. The van der Waals surface area contributed by atoms with Crippen molar-refractivity contribution in [3.8, 4) is 0 Å². The Kier molecular flexibility index (Phi) is 7.19. The van der Waals surface area contributed by atoms with Gasteiger partial charge in [0.15, 0.2) is 0 Å². The molecule has 0 aliphatic heterocycles. The molecule has 0 spiro atoms. The van der Waals surface area contributed by atoms with Crippen LogP contribution in [-0.4, -0.2) is 46.9 Å². The molecule has 0 fully saturated rings. The van der Waals surface area contributed by atoms with Gasteiger partial charge in [-0.15, -0.1) is 0 Å². The number of nitrogens with one attached hydrogen (secondary N) is 3. The Morgan fingerprint density at radius 2 is 1.86 bits per heavy atom. The number of nitrogens with zero attached hydrogens (tertiary/aromatic N) is 1. The van der Waals surface area contributed by atoms with Crippen LogP contribution in [0.25, 0.3) is 0 Å². The van der Waals surface area contributed by atoms with Gasteiger partial charge in [0.2, 0.25) is 11.8 Å². The van der Waals surface area contributed by atoms with Crippen LogP contribution in [0.2, 0.25) is 0 Å². The van der Waals surface area contributed by atoms with E-state index in [1.165, 1.54) is 26.6 Å². The third kappa shape index (κ3) is 6.15. The van der Waals surface area contributed by atoms with E-state index in [2.05, 4.69) is 25.3 Å². The Morgan fingerprint density at radius 3 is 2.43 bits per heavy atom. The van der Waals surface area contributed by atoms with E-state index in [-0.39, 0.29) is 18.4 Å². The predicted octanol–water partition coefficient (Wildman–Crippen LogP) is 0.636. The van der Waals surface area contributed by atoms with Gasteiger partial charge in [0.25, 0.3) is 0 Å². The minimum absolute atomic E-state index is 0.127. The van der Waals surface area contributed by atoms with E-state index in [9.17, 15) is 23.2 Å². The van der Waals surface area contributed by atoms with E-state index in [1.807, 2.05) is 0 Å². The molecule has 3 N–H and O–H groups in total. The lowest BCUT2D eigenvalue weighted by Crippen LogP contribution is -2.51. The molecule has 0 aliphatic rings. The molecule has 2 amide bonds. The van der Waals surface area contributed by atoms with Crippen LogP contribution in [0.1, 0.15) is 18.2 Å². The lowest BCUT2D eigenvalue weighted by molar-refractivity contribution is -0.145. The lowest BCUT2D eigenvalue weighted by atomic mass is 10.1. The number of aromatic nitrogens is 2. The van der Waals surface area contributed by atoms with E-state index in [4.69, 9.17) is 0 Å². The molecular weight excluding hydrogens is 374 g/mol. The van der Waals surface area contributed by atoms with Crippen LogP contribution in [0, 0.1) is 11.6 Å². The summed E-state index contributed by atoms with van der Waals surface area (Å²) in [5.41, 5.74) is 0.745. The molecular formula is C18H20F2N4O4. The molecule has 0 unspecified atom stereocenters. The third-order valence-corrected chi connectivity index (χ3v) is 3.84. The number of methoxy groups -OCH3 is 1. The number of benzene rings is 1. The van der Waals surface area contributed by atoms with Crippen molar-refractivity contribution in [3.05, 3.63) is 53.6 Å². The normalized spacial score (nSPS) is 12.7. The second kappa shape index (κ2) is 9.58. The first-order valence-corrected chi connectivity index (χ1v) is 8.38. The highest BCUT2D eigenvalue weighted by molar-refractivity contribution is 5.91. The summed E-state index contributed by atoms with van der Waals surface area (Å²) in [6.07, 6.45) is 2.76. The van der Waals surface area contributed by atoms with Crippen LogP contribution in [0.15, 0.2) is 30.7 Å². The first-order chi connectivity index (χ1) is 13.3. The van der Waals surface area contributed by atoms with Gasteiger partial charge in [0.05, 0.1) is 19.9 Å². The fraction of sp³-hybridized carbons (Fsp3) is 0.333. The Morgan fingerprint density at radius 1 is 1.18 bits per heavy atom. The number of aromatic amines is 1. The number of esters is 1. The summed E-state index contributed by atoms with van der Waals surface area (Å²) in [5, 5.41) is 4.92. The molecule has 0 saturated carbocycles. The maximum Gasteiger partial charge on any atom is 0.328 e. The first kappa shape index (κ1) is 21.0. The summed E-state index contributed by atoms with van der Waals surface area (Å²) in [6.45, 7) is 1.42. The van der Waals surface area contributed by atoms with Crippen molar-refractivity contribution >= 4 is 17.8 Å². The molecule has 2 aromatic rings. The summed E-state index contributed by atoms with van der Waals surface area (Å²) in [4.78, 5) is 42.9. The zero-order valence-electron chi connectivity index (χ0n) is 15.3. The fourth-order valence-electron chi connectivity index (χ4n) is 2.50. The van der Waals surface area contributed by atoms with E-state index >= 15 is 0 Å². The van der Waals surface area contributed by atoms with Crippen molar-refractivity contribution in [1.82, 2.24) is 20.6 Å². The Balaban J connectivity index is 1.93. The van der Waals surface area contributed by atoms with E-state index < -0.39 is 41.5 Å². The van der Waals surface area contributed by atoms with Crippen LogP contribution >= 0.6 is 0 Å². The Hall–Kier alpha value is -3.30. The van der Waals surface area contributed by atoms with Crippen molar-refractivity contribution in [1.29, 1.82) is 0 Å². The maximum atomic E-state index is 13.2. The topological polar surface area (TPSA) is 113 Å². The minimum Gasteiger partial charge on any atom is -0.467 e. The van der Waals surface area contributed by atoms with Gasteiger partial charge in [0, 0.05) is 24.4 Å². The van der Waals surface area contributed by atoms with Crippen molar-refractivity contribution in [2.24, 2.45) is 0 Å². The lowest BCUT2D eigenvalue weighted by Gasteiger charge is -2.19. The second-order valence-electron chi connectivity index (χ2n) is 6.11. The summed E-state index contributed by atoms with van der Waals surface area (Å²) in [5.74, 6) is -3.47. The number of carbonyl (C=O) groups is 3. The van der Waals surface area contributed by atoms with Crippen molar-refractivity contribution in [2.75, 3.05) is 7.11 Å². The number of rotatable bonds is 8. The second-order valence-corrected chi connectivity index (χ2v) is 6.11. The number of imidazole rings is 1. The molecule has 0 aliphatic carbocycles. The standard InChI is InChI=1S/C18H20F2N4O4/c1-10(23-16(25)5-11-3-12(19)6-13(20)4-11)17(26)24-15(18(27)28-2)7-14-8-21-9-22-14/h3-4,6,8-10,15H,5,7H2,1-2H3,(H,21,22)(H,23,25)(H,24,26)/t10-,15-/m0/s1. The molecule has 1 aromatic carbocycles. The maximum absolute atomic E-state index is 13.2. The summed E-state index contributed by atoms with van der Waals surface area (Å²) < 4.78 is 31.1. The highest BCUT2D eigenvalue weighted by Gasteiger charge is 2.25. The van der Waals surface area contributed by atoms with Crippen LogP contribution in [-0.2, 0) is 32.0 Å². The van der Waals surface area contributed by atoms with Crippen molar-refractivity contribution < 1.29 is 27.9 Å². The zero-order valence-corrected chi connectivity index (χ0v) is 15.3. The predicted molar refractivity (Wildman–Crippen MR) is 93.9 cm³/mol. The van der Waals surface area contributed by atoms with Gasteiger partial charge < -0.3 is 20.4 Å². The SMILES string of the molecule is COC(=O)[C@H](Cc1cnc[nH]1)NC(=O)[C@H](C)NC(=O)Cc1cc(F)cc(F)c1. The largest absolute Gasteiger partial charge is 0.467 e. The van der Waals surface area contributed by atoms with Gasteiger partial charge >= 0.3 is 5.97 Å². The molecule has 28 heavy (non-hydrogen) atoms. The summed E-state index contributed by atoms with van der Waals surface area (Å²) in [6, 6.07) is 0.801. The van der Waals surface area contributed by atoms with Gasteiger partial charge in [-0.2, -0.15) is 0 Å². The molecule has 2 atom stereocenters. The number of amides is 2. The number of carbonyl (C=O) groups excluding carboxylic acids is 3. The molecule has 2 rings (SSSR count). The van der Waals surface area contributed by atoms with Crippen LogP contribution < -0.4 is 10.6 Å². The molecule has 10 heteroatoms. The smallest absolute Gasteiger partial charge is 0.328 e. The Bertz CT molecular complexity index is 822. The van der Waals surface area contributed by atoms with E-state index in [0.717, 1.165) is 12.1 Å². The first-order valence-electron chi connectivity index (χ1n) is 8.38. The summed E-state index contributed by atoms with van der Waals surface area (Å²) >= 11 is 0. The highest BCUT2D eigenvalue weighted by atomic mass is 19.1. The number of hydrogen-bond acceptors (Lipinski definition) is 5. The van der Waals surface area contributed by atoms with Crippen LogP contribution in [0.5, 0.6) is 0 Å². The Labute approximate surface area is 159 Å². The monoisotopic (exact) mass is 394 g/mol. The van der Waals surface area contributed by atoms with Gasteiger partial charge in [0.1, 0.15) is 23.7 Å². The summed E-state index contributed by atoms with van der Waals surface area (Å²) in [7, 11) is 1.19. The third-order valence-electron chi connectivity index (χ3n) is 3.84. The number of halogens is 2. The molecule has 150 valence electrons. The van der Waals surface area contributed by atoms with Crippen molar-refractivity contribution in [3.63, 3.8) is 0 Å². The highest BCUT2D eigenvalue weighted by Crippen LogP contribution is 2.08. The van der Waals surface area contributed by atoms with Crippen LogP contribution in [0.4, 0.5) is 8.78 Å². The quantitative estimate of drug-likeness (QED) is 0.569. The van der Waals surface area contributed by atoms with Gasteiger partial charge in [-0.25, -0.2) is 18.6 Å². The number of hydrogen-bond donors (Lipinski definition) is 3. The van der Waals surface area contributed by atoms with Gasteiger partial charge in [-0.1, -0.05) is 0 Å². The van der Waals surface area contributed by atoms with E-state index in [1.54, 1.807) is 0 Å². The van der Waals surface area contributed by atoms with E-state index in [0.29, 0.717) is 11.8 Å². The van der Waals surface area contributed by atoms with Gasteiger partial charge in [-0.3, -0.25) is 9.59 Å². The number of ether oxygens (including phenoxy) is 1. The molecule has 1 aromatic heterocycles. The molecule has 0 saturated heterocycles. The van der Waals surface area contributed by atoms with Crippen LogP contribution in [0.3, 0.4) is 0 Å². The molecule has 0 bridgehead atoms. The minimum atomic E-state index is -0.986.